The molecule has 0 radical (unpaired) electrons. The molecule has 0 saturated heterocycles. The maximum Gasteiger partial charge on any atom is 0.224 e. The van der Waals surface area contributed by atoms with Gasteiger partial charge in [-0.3, -0.25) is 4.79 Å². The average Bonchev–Trinajstić information content (AvgIpc) is 2.98. The summed E-state index contributed by atoms with van der Waals surface area (Å²) in [6.45, 7) is 0.561. The van der Waals surface area contributed by atoms with Crippen LogP contribution in [0.15, 0.2) is 41.1 Å². The number of aliphatic hydroxyl groups is 1. The van der Waals surface area contributed by atoms with Gasteiger partial charge < -0.3 is 19.7 Å². The van der Waals surface area contributed by atoms with Crippen LogP contribution in [-0.4, -0.2) is 29.3 Å². The molecule has 0 saturated carbocycles. The molecule has 0 fully saturated rings. The summed E-state index contributed by atoms with van der Waals surface area (Å²) in [5.41, 5.74) is 1.60. The molecular formula is C14H16N2O4. The predicted octanol–water partition coefficient (Wildman–Crippen LogP) is 0.905. The van der Waals surface area contributed by atoms with Crippen molar-refractivity contribution in [2.75, 3.05) is 13.2 Å². The average molecular weight is 276 g/mol. The number of carbonyl (C=O) groups excluding carboxylic acids is 1. The molecule has 0 atom stereocenters. The van der Waals surface area contributed by atoms with E-state index in [1.54, 1.807) is 18.2 Å². The van der Waals surface area contributed by atoms with Crippen LogP contribution in [0.5, 0.6) is 5.75 Å². The van der Waals surface area contributed by atoms with Gasteiger partial charge in [0.15, 0.2) is 0 Å². The molecule has 0 aliphatic carbocycles. The quantitative estimate of drug-likeness (QED) is 0.785. The highest BCUT2D eigenvalue weighted by molar-refractivity contribution is 5.78. The molecule has 0 spiro atoms. The first kappa shape index (κ1) is 14.1. The lowest BCUT2D eigenvalue weighted by Gasteiger charge is -2.06. The summed E-state index contributed by atoms with van der Waals surface area (Å²) < 4.78 is 10.2. The molecule has 6 nitrogen and oxygen atoms in total. The number of aliphatic hydroxyl groups excluding tert-OH is 1. The molecule has 106 valence electrons. The van der Waals surface area contributed by atoms with E-state index in [1.807, 2.05) is 12.1 Å². The molecule has 0 aliphatic heterocycles. The van der Waals surface area contributed by atoms with E-state index in [0.29, 0.717) is 12.4 Å². The van der Waals surface area contributed by atoms with Gasteiger partial charge in [0.1, 0.15) is 24.3 Å². The highest BCUT2D eigenvalue weighted by Gasteiger charge is 2.03. The number of carbonyl (C=O) groups is 1. The molecule has 2 rings (SSSR count). The van der Waals surface area contributed by atoms with Gasteiger partial charge in [-0.05, 0) is 17.7 Å². The van der Waals surface area contributed by atoms with Gasteiger partial charge in [-0.1, -0.05) is 17.3 Å². The number of hydrogen-bond acceptors (Lipinski definition) is 5. The molecule has 1 aromatic heterocycles. The smallest absolute Gasteiger partial charge is 0.224 e. The lowest BCUT2D eigenvalue weighted by molar-refractivity contribution is -0.120. The van der Waals surface area contributed by atoms with Crippen LogP contribution >= 0.6 is 0 Å². The Balaban J connectivity index is 1.81. The minimum Gasteiger partial charge on any atom is -0.487 e. The fourth-order valence-electron chi connectivity index (χ4n) is 1.62. The van der Waals surface area contributed by atoms with Crippen LogP contribution in [0.1, 0.15) is 11.3 Å². The van der Waals surface area contributed by atoms with Crippen molar-refractivity contribution in [1.82, 2.24) is 10.5 Å². The number of amides is 1. The first-order chi connectivity index (χ1) is 9.78. The van der Waals surface area contributed by atoms with Crippen molar-refractivity contribution in [1.29, 1.82) is 0 Å². The minimum atomic E-state index is -0.115. The van der Waals surface area contributed by atoms with Crippen LogP contribution in [0, 0.1) is 0 Å². The predicted molar refractivity (Wildman–Crippen MR) is 71.1 cm³/mol. The van der Waals surface area contributed by atoms with Crippen molar-refractivity contribution in [3.63, 3.8) is 0 Å². The molecule has 0 bridgehead atoms. The molecule has 0 unspecified atom stereocenters. The SMILES string of the molecule is O=C(Cc1ccc(OCc2ccon2)cc1)NCCO. The van der Waals surface area contributed by atoms with Crippen LogP contribution < -0.4 is 10.1 Å². The number of ether oxygens (including phenoxy) is 1. The minimum absolute atomic E-state index is 0.0550. The van der Waals surface area contributed by atoms with E-state index >= 15 is 0 Å². The largest absolute Gasteiger partial charge is 0.487 e. The molecule has 1 amide bonds. The number of rotatable bonds is 7. The fraction of sp³-hybridized carbons (Fsp3) is 0.286. The molecule has 0 aliphatic rings. The number of nitrogens with zero attached hydrogens (tertiary/aromatic N) is 1. The summed E-state index contributed by atoms with van der Waals surface area (Å²) >= 11 is 0. The van der Waals surface area contributed by atoms with E-state index < -0.39 is 0 Å². The highest BCUT2D eigenvalue weighted by Crippen LogP contribution is 2.14. The van der Waals surface area contributed by atoms with Crippen molar-refractivity contribution >= 4 is 5.91 Å². The first-order valence-corrected chi connectivity index (χ1v) is 6.26. The molecule has 2 N–H and O–H groups in total. The van der Waals surface area contributed by atoms with Gasteiger partial charge in [-0.25, -0.2) is 0 Å². The van der Waals surface area contributed by atoms with Gasteiger partial charge in [-0.15, -0.1) is 0 Å². The Morgan fingerprint density at radius 2 is 2.10 bits per heavy atom. The van der Waals surface area contributed by atoms with Crippen LogP contribution in [0.2, 0.25) is 0 Å². The zero-order valence-corrected chi connectivity index (χ0v) is 10.9. The molecular weight excluding hydrogens is 260 g/mol. The lowest BCUT2D eigenvalue weighted by atomic mass is 10.1. The standard InChI is InChI=1S/C14H16N2O4/c17-7-6-15-14(18)9-11-1-3-13(4-2-11)19-10-12-5-8-20-16-12/h1-5,8,17H,6-7,9-10H2,(H,15,18). The third-order valence-electron chi connectivity index (χ3n) is 2.60. The number of nitrogens with one attached hydrogen (secondary N) is 1. The normalized spacial score (nSPS) is 10.2. The first-order valence-electron chi connectivity index (χ1n) is 6.26. The second kappa shape index (κ2) is 7.30. The third kappa shape index (κ3) is 4.40. The van der Waals surface area contributed by atoms with Gasteiger partial charge >= 0.3 is 0 Å². The summed E-state index contributed by atoms with van der Waals surface area (Å²) in [5.74, 6) is 0.586. The molecule has 2 aromatic rings. The lowest BCUT2D eigenvalue weighted by Crippen LogP contribution is -2.27. The summed E-state index contributed by atoms with van der Waals surface area (Å²) in [5, 5.41) is 15.0. The van der Waals surface area contributed by atoms with Gasteiger partial charge in [0.25, 0.3) is 0 Å². The Morgan fingerprint density at radius 1 is 1.30 bits per heavy atom. The Hall–Kier alpha value is -2.34. The highest BCUT2D eigenvalue weighted by atomic mass is 16.5. The molecule has 1 heterocycles. The maximum absolute atomic E-state index is 11.5. The van der Waals surface area contributed by atoms with Gasteiger partial charge in [0, 0.05) is 12.6 Å². The van der Waals surface area contributed by atoms with Gasteiger partial charge in [0.05, 0.1) is 13.0 Å². The summed E-state index contributed by atoms with van der Waals surface area (Å²) in [4.78, 5) is 11.5. The van der Waals surface area contributed by atoms with Crippen molar-refractivity contribution < 1.29 is 19.2 Å². The summed E-state index contributed by atoms with van der Waals surface area (Å²) in [7, 11) is 0. The second-order valence-electron chi connectivity index (χ2n) is 4.17. The van der Waals surface area contributed by atoms with E-state index in [-0.39, 0.29) is 25.5 Å². The Kier molecular flexibility index (Phi) is 5.14. The topological polar surface area (TPSA) is 84.6 Å². The fourth-order valence-corrected chi connectivity index (χ4v) is 1.62. The van der Waals surface area contributed by atoms with Gasteiger partial charge in [-0.2, -0.15) is 0 Å². The van der Waals surface area contributed by atoms with E-state index in [2.05, 4.69) is 10.5 Å². The number of hydrogen-bond donors (Lipinski definition) is 2. The number of aromatic nitrogens is 1. The van der Waals surface area contributed by atoms with Crippen LogP contribution in [0.4, 0.5) is 0 Å². The van der Waals surface area contributed by atoms with Crippen molar-refractivity contribution in [3.05, 3.63) is 47.9 Å². The second-order valence-corrected chi connectivity index (χ2v) is 4.17. The summed E-state index contributed by atoms with van der Waals surface area (Å²) in [6.07, 6.45) is 1.77. The van der Waals surface area contributed by atoms with E-state index in [0.717, 1.165) is 11.3 Å². The summed E-state index contributed by atoms with van der Waals surface area (Å²) in [6, 6.07) is 9.00. The molecule has 6 heteroatoms. The monoisotopic (exact) mass is 276 g/mol. The third-order valence-corrected chi connectivity index (χ3v) is 2.60. The van der Waals surface area contributed by atoms with Gasteiger partial charge in [0.2, 0.25) is 5.91 Å². The van der Waals surface area contributed by atoms with E-state index in [4.69, 9.17) is 14.4 Å². The molecule has 1 aromatic carbocycles. The molecule has 20 heavy (non-hydrogen) atoms. The van der Waals surface area contributed by atoms with Crippen molar-refractivity contribution in [2.45, 2.75) is 13.0 Å². The van der Waals surface area contributed by atoms with Crippen molar-refractivity contribution in [2.24, 2.45) is 0 Å². The van der Waals surface area contributed by atoms with E-state index in [1.165, 1.54) is 6.26 Å². The zero-order chi connectivity index (χ0) is 14.2. The zero-order valence-electron chi connectivity index (χ0n) is 10.9. The van der Waals surface area contributed by atoms with Crippen LogP contribution in [0.3, 0.4) is 0 Å². The Labute approximate surface area is 116 Å². The van der Waals surface area contributed by atoms with E-state index in [9.17, 15) is 4.79 Å². The Bertz CT molecular complexity index is 523. The number of benzene rings is 1. The maximum atomic E-state index is 11.5. The van der Waals surface area contributed by atoms with Crippen LogP contribution in [-0.2, 0) is 17.8 Å². The Morgan fingerprint density at radius 3 is 2.75 bits per heavy atom. The van der Waals surface area contributed by atoms with Crippen LogP contribution in [0.25, 0.3) is 0 Å². The van der Waals surface area contributed by atoms with Crippen molar-refractivity contribution in [3.8, 4) is 5.75 Å².